The summed E-state index contributed by atoms with van der Waals surface area (Å²) in [6, 6.07) is 21.5. The number of rotatable bonds is 7. The third-order valence-corrected chi connectivity index (χ3v) is 7.71. The van der Waals surface area contributed by atoms with Crippen LogP contribution in [0.1, 0.15) is 62.3 Å². The molecule has 2 N–H and O–H groups in total. The van der Waals surface area contributed by atoms with Gasteiger partial charge in [0.25, 0.3) is 0 Å². The predicted octanol–water partition coefficient (Wildman–Crippen LogP) is 6.80. The minimum atomic E-state index is -0.356. The van der Waals surface area contributed by atoms with Gasteiger partial charge in [0.1, 0.15) is 35.7 Å². The fraction of sp³-hybridized carbons (Fsp3) is 0.355. The molecule has 5 rings (SSSR count). The molecule has 1 saturated carbocycles. The lowest BCUT2D eigenvalue weighted by molar-refractivity contribution is 0.132. The van der Waals surface area contributed by atoms with Crippen molar-refractivity contribution in [2.45, 2.75) is 57.7 Å². The van der Waals surface area contributed by atoms with Crippen molar-refractivity contribution in [3.8, 4) is 23.0 Å². The highest BCUT2D eigenvalue weighted by molar-refractivity contribution is 5.95. The van der Waals surface area contributed by atoms with Gasteiger partial charge < -0.3 is 19.7 Å². The van der Waals surface area contributed by atoms with E-state index in [2.05, 4.69) is 18.9 Å². The van der Waals surface area contributed by atoms with E-state index < -0.39 is 0 Å². The SMILES string of the molecule is CC1=C(c2cccc(O)c2)C(c2ccc(OCC(C)N(C)C3CCCC3)cc2)Oc2ccc(O)cc21. The predicted molar refractivity (Wildman–Crippen MR) is 143 cm³/mol. The number of benzene rings is 3. The lowest BCUT2D eigenvalue weighted by atomic mass is 9.86. The van der Waals surface area contributed by atoms with E-state index in [1.165, 1.54) is 25.7 Å². The van der Waals surface area contributed by atoms with Gasteiger partial charge in [-0.2, -0.15) is 0 Å². The Kier molecular flexibility index (Phi) is 6.92. The van der Waals surface area contributed by atoms with Crippen LogP contribution in [0.25, 0.3) is 11.1 Å². The van der Waals surface area contributed by atoms with E-state index in [-0.39, 0.29) is 17.6 Å². The molecule has 0 amide bonds. The normalized spacial score (nSPS) is 18.7. The average Bonchev–Trinajstić information content (AvgIpc) is 3.42. The van der Waals surface area contributed by atoms with Crippen molar-refractivity contribution < 1.29 is 19.7 Å². The van der Waals surface area contributed by atoms with Crippen LogP contribution in [0.2, 0.25) is 0 Å². The molecule has 1 aliphatic carbocycles. The minimum absolute atomic E-state index is 0.194. The number of aromatic hydroxyl groups is 2. The zero-order chi connectivity index (χ0) is 25.2. The van der Waals surface area contributed by atoms with Gasteiger partial charge in [0.2, 0.25) is 0 Å². The number of fused-ring (bicyclic) bond motifs is 1. The second-order valence-electron chi connectivity index (χ2n) is 10.1. The van der Waals surface area contributed by atoms with Crippen molar-refractivity contribution in [1.82, 2.24) is 4.90 Å². The van der Waals surface area contributed by atoms with E-state index >= 15 is 0 Å². The molecule has 1 fully saturated rings. The van der Waals surface area contributed by atoms with Crippen molar-refractivity contribution in [2.24, 2.45) is 0 Å². The molecule has 1 aliphatic heterocycles. The van der Waals surface area contributed by atoms with Crippen molar-refractivity contribution in [3.05, 3.63) is 83.4 Å². The van der Waals surface area contributed by atoms with Gasteiger partial charge >= 0.3 is 0 Å². The van der Waals surface area contributed by atoms with E-state index in [4.69, 9.17) is 9.47 Å². The quantitative estimate of drug-likeness (QED) is 0.385. The first-order valence-corrected chi connectivity index (χ1v) is 12.9. The van der Waals surface area contributed by atoms with Gasteiger partial charge in [0.15, 0.2) is 0 Å². The highest BCUT2D eigenvalue weighted by Crippen LogP contribution is 2.47. The molecule has 3 aromatic rings. The number of phenolic OH excluding ortho intramolecular Hbond substituents is 2. The number of phenols is 2. The molecule has 36 heavy (non-hydrogen) atoms. The molecule has 5 heteroatoms. The van der Waals surface area contributed by atoms with Crippen LogP contribution in [0.5, 0.6) is 23.0 Å². The summed E-state index contributed by atoms with van der Waals surface area (Å²) in [7, 11) is 2.21. The minimum Gasteiger partial charge on any atom is -0.508 e. The summed E-state index contributed by atoms with van der Waals surface area (Å²) < 4.78 is 12.6. The van der Waals surface area contributed by atoms with Crippen molar-refractivity contribution in [1.29, 1.82) is 0 Å². The molecule has 0 spiro atoms. The monoisotopic (exact) mass is 485 g/mol. The second-order valence-corrected chi connectivity index (χ2v) is 10.1. The number of allylic oxidation sites excluding steroid dienone is 1. The van der Waals surface area contributed by atoms with Crippen molar-refractivity contribution >= 4 is 11.1 Å². The van der Waals surface area contributed by atoms with Crippen molar-refractivity contribution in [2.75, 3.05) is 13.7 Å². The highest BCUT2D eigenvalue weighted by atomic mass is 16.5. The van der Waals surface area contributed by atoms with Crippen LogP contribution in [0, 0.1) is 0 Å². The Labute approximate surface area is 213 Å². The van der Waals surface area contributed by atoms with Gasteiger partial charge in [-0.05, 0) is 92.9 Å². The molecule has 5 nitrogen and oxygen atoms in total. The van der Waals surface area contributed by atoms with E-state index in [9.17, 15) is 10.2 Å². The zero-order valence-corrected chi connectivity index (χ0v) is 21.3. The van der Waals surface area contributed by atoms with Crippen LogP contribution < -0.4 is 9.47 Å². The molecule has 0 aromatic heterocycles. The van der Waals surface area contributed by atoms with Crippen LogP contribution in [-0.4, -0.2) is 40.9 Å². The summed E-state index contributed by atoms with van der Waals surface area (Å²) in [5.74, 6) is 1.96. The van der Waals surface area contributed by atoms with E-state index in [1.54, 1.807) is 30.3 Å². The van der Waals surface area contributed by atoms with E-state index in [0.29, 0.717) is 18.7 Å². The first-order valence-electron chi connectivity index (χ1n) is 12.9. The third kappa shape index (κ3) is 4.93. The summed E-state index contributed by atoms with van der Waals surface area (Å²) in [4.78, 5) is 2.46. The van der Waals surface area contributed by atoms with Crippen LogP contribution in [0.15, 0.2) is 66.7 Å². The first kappa shape index (κ1) is 24.3. The van der Waals surface area contributed by atoms with Crippen LogP contribution >= 0.6 is 0 Å². The Morgan fingerprint density at radius 2 is 1.69 bits per heavy atom. The van der Waals surface area contributed by atoms with Gasteiger partial charge in [0, 0.05) is 23.2 Å². The van der Waals surface area contributed by atoms with E-state index in [1.807, 2.05) is 43.3 Å². The molecule has 0 saturated heterocycles. The van der Waals surface area contributed by atoms with Gasteiger partial charge in [-0.15, -0.1) is 0 Å². The molecule has 1 heterocycles. The largest absolute Gasteiger partial charge is 0.508 e. The van der Waals surface area contributed by atoms with Gasteiger partial charge in [0.05, 0.1) is 0 Å². The Balaban J connectivity index is 1.38. The van der Waals surface area contributed by atoms with Crippen LogP contribution in [0.4, 0.5) is 0 Å². The lowest BCUT2D eigenvalue weighted by Crippen LogP contribution is -2.40. The zero-order valence-electron chi connectivity index (χ0n) is 21.3. The summed E-state index contributed by atoms with van der Waals surface area (Å²) in [6.07, 6.45) is 4.88. The summed E-state index contributed by atoms with van der Waals surface area (Å²) in [6.45, 7) is 4.91. The second kappa shape index (κ2) is 10.3. The first-order chi connectivity index (χ1) is 17.4. The molecular formula is C31H35NO4. The molecular weight excluding hydrogens is 450 g/mol. The van der Waals surface area contributed by atoms with E-state index in [0.717, 1.165) is 39.3 Å². The summed E-state index contributed by atoms with van der Waals surface area (Å²) >= 11 is 0. The molecule has 2 unspecified atom stereocenters. The van der Waals surface area contributed by atoms with Gasteiger partial charge in [-0.3, -0.25) is 4.90 Å². The Morgan fingerprint density at radius 1 is 0.972 bits per heavy atom. The molecule has 0 bridgehead atoms. The standard InChI is InChI=1S/C31H35NO4/c1-20(32(3)24-8-4-5-9-24)19-35-27-14-11-22(12-15-27)31-30(23-7-6-10-25(33)17-23)21(2)28-18-26(34)13-16-29(28)36-31/h6-7,10-18,20,24,31,33-34H,4-5,8-9,19H2,1-3H3. The van der Waals surface area contributed by atoms with Gasteiger partial charge in [-0.1, -0.05) is 37.1 Å². The number of likely N-dealkylation sites (N-methyl/N-ethyl adjacent to an activating group) is 1. The maximum atomic E-state index is 10.2. The summed E-state index contributed by atoms with van der Waals surface area (Å²) in [5.41, 5.74) is 4.70. The van der Waals surface area contributed by atoms with Crippen LogP contribution in [0.3, 0.4) is 0 Å². The molecule has 3 aromatic carbocycles. The Hall–Kier alpha value is -3.44. The lowest BCUT2D eigenvalue weighted by Gasteiger charge is -2.31. The Morgan fingerprint density at radius 3 is 2.42 bits per heavy atom. The number of nitrogens with zero attached hydrogens (tertiary/aromatic N) is 1. The average molecular weight is 486 g/mol. The molecule has 0 radical (unpaired) electrons. The maximum absolute atomic E-state index is 10.2. The maximum Gasteiger partial charge on any atom is 0.150 e. The fourth-order valence-corrected chi connectivity index (χ4v) is 5.46. The Bertz CT molecular complexity index is 1240. The van der Waals surface area contributed by atoms with Crippen LogP contribution in [-0.2, 0) is 0 Å². The smallest absolute Gasteiger partial charge is 0.150 e. The highest BCUT2D eigenvalue weighted by Gasteiger charge is 2.30. The number of hydrogen-bond donors (Lipinski definition) is 2. The number of hydrogen-bond acceptors (Lipinski definition) is 5. The number of ether oxygens (including phenoxy) is 2. The molecule has 2 atom stereocenters. The van der Waals surface area contributed by atoms with Gasteiger partial charge in [-0.25, -0.2) is 0 Å². The summed E-state index contributed by atoms with van der Waals surface area (Å²) in [5, 5.41) is 20.2. The molecule has 188 valence electrons. The third-order valence-electron chi connectivity index (χ3n) is 7.71. The van der Waals surface area contributed by atoms with Crippen molar-refractivity contribution in [3.63, 3.8) is 0 Å². The molecule has 2 aliphatic rings. The fourth-order valence-electron chi connectivity index (χ4n) is 5.46. The topological polar surface area (TPSA) is 62.2 Å².